The molecule has 0 spiro atoms. The van der Waals surface area contributed by atoms with Crippen molar-refractivity contribution < 1.29 is 28.3 Å². The number of carbonyl (C=O) groups excluding carboxylic acids is 1. The van der Waals surface area contributed by atoms with Gasteiger partial charge in [-0.2, -0.15) is 4.31 Å². The third kappa shape index (κ3) is 3.21. The Morgan fingerprint density at radius 3 is 2.62 bits per heavy atom. The highest BCUT2D eigenvalue weighted by molar-refractivity contribution is 7.89. The van der Waals surface area contributed by atoms with E-state index in [1.54, 1.807) is 11.4 Å². The third-order valence-electron chi connectivity index (χ3n) is 4.31. The van der Waals surface area contributed by atoms with Gasteiger partial charge in [0.05, 0.1) is 12.0 Å². The lowest BCUT2D eigenvalue weighted by Crippen LogP contribution is -2.51. The van der Waals surface area contributed by atoms with Crippen LogP contribution < -0.4 is 10.2 Å². The highest BCUT2D eigenvalue weighted by Gasteiger charge is 2.43. The molecule has 0 aliphatic carbocycles. The number of hydrogen-bond donors (Lipinski definition) is 3. The summed E-state index contributed by atoms with van der Waals surface area (Å²) in [5.41, 5.74) is 1.96. The largest absolute Gasteiger partial charge is 0.497 e. The predicted molar refractivity (Wildman–Crippen MR) is 93.6 cm³/mol. The van der Waals surface area contributed by atoms with E-state index >= 15 is 0 Å². The molecule has 1 aromatic heterocycles. The SMILES string of the molecule is COc1ccc(S(=O)(=O)N2CCc3sccc3[C@H](O)[C@@H]2C(=O)NO)cc1. The normalized spacial score (nSPS) is 20.9. The van der Waals surface area contributed by atoms with Crippen molar-refractivity contribution in [2.45, 2.75) is 23.5 Å². The fourth-order valence-corrected chi connectivity index (χ4v) is 5.49. The average molecular weight is 398 g/mol. The number of ether oxygens (including phenoxy) is 1. The number of rotatable bonds is 4. The van der Waals surface area contributed by atoms with Crippen LogP contribution in [0.15, 0.2) is 40.6 Å². The van der Waals surface area contributed by atoms with Crippen molar-refractivity contribution in [1.29, 1.82) is 0 Å². The number of fused-ring (bicyclic) bond motifs is 1. The van der Waals surface area contributed by atoms with Gasteiger partial charge in [-0.3, -0.25) is 10.0 Å². The van der Waals surface area contributed by atoms with E-state index in [0.29, 0.717) is 17.7 Å². The lowest BCUT2D eigenvalue weighted by molar-refractivity contribution is -0.136. The molecule has 2 heterocycles. The second kappa shape index (κ2) is 7.33. The fourth-order valence-electron chi connectivity index (χ4n) is 2.99. The molecule has 8 nitrogen and oxygen atoms in total. The summed E-state index contributed by atoms with van der Waals surface area (Å²) < 4.78 is 32.2. The quantitative estimate of drug-likeness (QED) is 0.521. The number of nitrogens with zero attached hydrogens (tertiary/aromatic N) is 1. The van der Waals surface area contributed by atoms with E-state index in [1.807, 2.05) is 0 Å². The highest BCUT2D eigenvalue weighted by Crippen LogP contribution is 2.35. The summed E-state index contributed by atoms with van der Waals surface area (Å²) >= 11 is 1.38. The van der Waals surface area contributed by atoms with Crippen LogP contribution >= 0.6 is 11.3 Å². The van der Waals surface area contributed by atoms with Crippen molar-refractivity contribution in [1.82, 2.24) is 9.79 Å². The smallest absolute Gasteiger partial charge is 0.264 e. The number of hydroxylamine groups is 1. The molecule has 0 saturated heterocycles. The number of benzene rings is 1. The summed E-state index contributed by atoms with van der Waals surface area (Å²) in [6.45, 7) is -0.00295. The molecule has 2 aromatic rings. The molecular formula is C16H18N2O6S2. The Hall–Kier alpha value is -1.98. The standard InChI is InChI=1S/C16H18N2O6S2/c1-24-10-2-4-11(5-3-10)26(22,23)18-8-6-13-12(7-9-25-13)15(19)14(18)16(20)17-21/h2-5,7,9,14-15,19,21H,6,8H2,1H3,(H,17,20)/t14-,15+/m1/s1. The molecule has 0 radical (unpaired) electrons. The number of nitrogens with one attached hydrogen (secondary N) is 1. The van der Waals surface area contributed by atoms with E-state index < -0.39 is 28.1 Å². The number of thiophene rings is 1. The maximum atomic E-state index is 13.1. The van der Waals surface area contributed by atoms with Gasteiger partial charge >= 0.3 is 0 Å². The summed E-state index contributed by atoms with van der Waals surface area (Å²) in [6.07, 6.45) is -1.03. The van der Waals surface area contributed by atoms with Crippen LogP contribution in [0, 0.1) is 0 Å². The molecule has 140 valence electrons. The number of sulfonamides is 1. The van der Waals surface area contributed by atoms with Crippen LogP contribution in [0.2, 0.25) is 0 Å². The summed E-state index contributed by atoms with van der Waals surface area (Å²) in [6, 6.07) is 5.91. The first-order chi connectivity index (χ1) is 12.4. The van der Waals surface area contributed by atoms with Crippen molar-refractivity contribution in [2.75, 3.05) is 13.7 Å². The molecule has 1 aliphatic rings. The van der Waals surface area contributed by atoms with Gasteiger partial charge in [0.15, 0.2) is 0 Å². The van der Waals surface area contributed by atoms with E-state index in [0.717, 1.165) is 9.18 Å². The minimum atomic E-state index is -4.09. The molecule has 0 fully saturated rings. The third-order valence-corrected chi connectivity index (χ3v) is 7.20. The fraction of sp³-hybridized carbons (Fsp3) is 0.312. The topological polar surface area (TPSA) is 116 Å². The van der Waals surface area contributed by atoms with Gasteiger partial charge in [0.2, 0.25) is 10.0 Å². The Morgan fingerprint density at radius 1 is 1.31 bits per heavy atom. The van der Waals surface area contributed by atoms with E-state index in [-0.39, 0.29) is 11.4 Å². The lowest BCUT2D eigenvalue weighted by Gasteiger charge is -2.30. The minimum Gasteiger partial charge on any atom is -0.497 e. The van der Waals surface area contributed by atoms with Gasteiger partial charge < -0.3 is 9.84 Å². The van der Waals surface area contributed by atoms with Crippen molar-refractivity contribution in [2.24, 2.45) is 0 Å². The number of amides is 1. The molecule has 2 atom stereocenters. The zero-order valence-corrected chi connectivity index (χ0v) is 15.5. The molecular weight excluding hydrogens is 380 g/mol. The highest BCUT2D eigenvalue weighted by atomic mass is 32.2. The zero-order valence-electron chi connectivity index (χ0n) is 13.8. The van der Waals surface area contributed by atoms with Crippen LogP contribution in [0.25, 0.3) is 0 Å². The monoisotopic (exact) mass is 398 g/mol. The van der Waals surface area contributed by atoms with Crippen molar-refractivity contribution >= 4 is 27.3 Å². The summed E-state index contributed by atoms with van der Waals surface area (Å²) in [5.74, 6) is -0.500. The number of methoxy groups -OCH3 is 1. The zero-order chi connectivity index (χ0) is 18.9. The van der Waals surface area contributed by atoms with Crippen molar-refractivity contribution in [3.8, 4) is 5.75 Å². The van der Waals surface area contributed by atoms with Crippen LogP contribution in [-0.4, -0.2) is 48.6 Å². The molecule has 1 amide bonds. The van der Waals surface area contributed by atoms with Crippen LogP contribution in [0.1, 0.15) is 16.5 Å². The van der Waals surface area contributed by atoms with Gasteiger partial charge in [-0.1, -0.05) is 0 Å². The van der Waals surface area contributed by atoms with Crippen LogP contribution in [-0.2, 0) is 21.2 Å². The first-order valence-electron chi connectivity index (χ1n) is 7.74. The van der Waals surface area contributed by atoms with E-state index in [1.165, 1.54) is 48.2 Å². The summed E-state index contributed by atoms with van der Waals surface area (Å²) in [5, 5.41) is 21.5. The minimum absolute atomic E-state index is 0.00295. The molecule has 26 heavy (non-hydrogen) atoms. The Balaban J connectivity index is 2.05. The summed E-state index contributed by atoms with van der Waals surface area (Å²) in [7, 11) is -2.63. The van der Waals surface area contributed by atoms with Gasteiger partial charge in [-0.25, -0.2) is 13.9 Å². The maximum Gasteiger partial charge on any atom is 0.264 e. The Bertz CT molecular complexity index is 894. The van der Waals surface area contributed by atoms with Gasteiger partial charge in [0.1, 0.15) is 17.9 Å². The lowest BCUT2D eigenvalue weighted by atomic mass is 10.0. The molecule has 0 saturated carbocycles. The summed E-state index contributed by atoms with van der Waals surface area (Å²) in [4.78, 5) is 13.0. The van der Waals surface area contributed by atoms with E-state index in [2.05, 4.69) is 0 Å². The second-order valence-electron chi connectivity index (χ2n) is 5.71. The Labute approximate surface area is 154 Å². The molecule has 1 aliphatic heterocycles. The van der Waals surface area contributed by atoms with Crippen LogP contribution in [0.5, 0.6) is 5.75 Å². The van der Waals surface area contributed by atoms with E-state index in [9.17, 15) is 18.3 Å². The van der Waals surface area contributed by atoms with Gasteiger partial charge in [0.25, 0.3) is 5.91 Å². The van der Waals surface area contributed by atoms with Crippen molar-refractivity contribution in [3.05, 3.63) is 46.2 Å². The molecule has 0 unspecified atom stereocenters. The number of aliphatic hydroxyl groups excluding tert-OH is 1. The first-order valence-corrected chi connectivity index (χ1v) is 10.1. The van der Waals surface area contributed by atoms with Crippen LogP contribution in [0.3, 0.4) is 0 Å². The van der Waals surface area contributed by atoms with Gasteiger partial charge in [0, 0.05) is 11.4 Å². The molecule has 1 aromatic carbocycles. The second-order valence-corrected chi connectivity index (χ2v) is 8.60. The number of carbonyl (C=O) groups is 1. The van der Waals surface area contributed by atoms with Gasteiger partial charge in [-0.05, 0) is 47.7 Å². The number of aliphatic hydroxyl groups is 1. The molecule has 10 heteroatoms. The molecule has 0 bridgehead atoms. The maximum absolute atomic E-state index is 13.1. The number of hydrogen-bond acceptors (Lipinski definition) is 7. The van der Waals surface area contributed by atoms with Gasteiger partial charge in [-0.15, -0.1) is 11.3 Å². The van der Waals surface area contributed by atoms with E-state index in [4.69, 9.17) is 9.94 Å². The average Bonchev–Trinajstić information content (AvgIpc) is 3.07. The molecule has 3 rings (SSSR count). The predicted octanol–water partition coefficient (Wildman–Crippen LogP) is 0.911. The van der Waals surface area contributed by atoms with Crippen LogP contribution in [0.4, 0.5) is 0 Å². The van der Waals surface area contributed by atoms with Crippen molar-refractivity contribution in [3.63, 3.8) is 0 Å². The Morgan fingerprint density at radius 2 is 2.00 bits per heavy atom. The molecule has 3 N–H and O–H groups in total. The first kappa shape index (κ1) is 18.8. The Kier molecular flexibility index (Phi) is 5.30.